The van der Waals surface area contributed by atoms with Gasteiger partial charge in [-0.15, -0.1) is 0 Å². The van der Waals surface area contributed by atoms with Gasteiger partial charge >= 0.3 is 0 Å². The van der Waals surface area contributed by atoms with Crippen molar-refractivity contribution in [3.05, 3.63) is 256 Å². The predicted molar refractivity (Wildman–Crippen MR) is 366 cm³/mol. The fourth-order valence-corrected chi connectivity index (χ4v) is 18.6. The van der Waals surface area contributed by atoms with Gasteiger partial charge in [0.05, 0.1) is 11.6 Å². The summed E-state index contributed by atoms with van der Waals surface area (Å²) in [5.74, 6) is 7.63. The minimum absolute atomic E-state index is 0.147. The van der Waals surface area contributed by atoms with Crippen molar-refractivity contribution in [2.24, 2.45) is 47.3 Å². The van der Waals surface area contributed by atoms with Gasteiger partial charge in [-0.05, 0) is 256 Å². The van der Waals surface area contributed by atoms with Crippen LogP contribution in [0.25, 0.3) is 39.0 Å². The second-order valence-corrected chi connectivity index (χ2v) is 30.2. The van der Waals surface area contributed by atoms with Crippen LogP contribution in [0.3, 0.4) is 0 Å². The summed E-state index contributed by atoms with van der Waals surface area (Å²) in [7, 11) is 0. The Labute approximate surface area is 522 Å². The van der Waals surface area contributed by atoms with Gasteiger partial charge in [-0.25, -0.2) is 0 Å². The molecule has 10 atom stereocenters. The molecule has 0 N–H and O–H groups in total. The minimum atomic E-state index is 0.147. The van der Waals surface area contributed by atoms with E-state index in [1.54, 1.807) is 27.8 Å². The lowest BCUT2D eigenvalue weighted by Crippen LogP contribution is -2.31. The van der Waals surface area contributed by atoms with Crippen molar-refractivity contribution in [2.45, 2.75) is 172 Å². The zero-order chi connectivity index (χ0) is 59.4. The van der Waals surface area contributed by atoms with Gasteiger partial charge in [0.15, 0.2) is 0 Å². The van der Waals surface area contributed by atoms with E-state index in [0.29, 0.717) is 64.7 Å². The monoisotopic (exact) mass is 1140 g/mol. The number of hydrogen-bond donors (Lipinski definition) is 0. The summed E-state index contributed by atoms with van der Waals surface area (Å²) in [6, 6.07) is 67.5. The van der Waals surface area contributed by atoms with Crippen molar-refractivity contribution in [1.82, 2.24) is 0 Å². The molecule has 0 saturated heterocycles. The molecule has 0 radical (unpaired) electrons. The first-order valence-corrected chi connectivity index (χ1v) is 34.2. The number of nitrogens with zero attached hydrogens (tertiary/aromatic N) is 1. The smallest absolute Gasteiger partial charge is 0.0991 e. The highest BCUT2D eigenvalue weighted by Crippen LogP contribution is 2.61. The molecule has 10 unspecified atom stereocenters. The maximum Gasteiger partial charge on any atom is 0.0991 e. The molecule has 7 aromatic carbocycles. The SMILES string of the molecule is CC(C)(C)c1ccc(C2=CCC(C3CCC4C(C3)c3cc(-c5ccc(-c6ccc(C(C)(C)C)cc6)cc5)ccc3C4C3C=CC(C4=CC=C(C(c5ccc(-c6ccc(C#N)cc6)cc5)C5CCC(c6ccccc6)CC5)C5CCCC45)CC3)CC2)cc1. The van der Waals surface area contributed by atoms with Crippen LogP contribution in [0, 0.1) is 58.7 Å². The molecule has 0 spiro atoms. The fourth-order valence-electron chi connectivity index (χ4n) is 18.6. The molecule has 0 bridgehead atoms. The van der Waals surface area contributed by atoms with Crippen molar-refractivity contribution in [2.75, 3.05) is 0 Å². The van der Waals surface area contributed by atoms with Crippen LogP contribution in [0.15, 0.2) is 211 Å². The van der Waals surface area contributed by atoms with Gasteiger partial charge in [0.25, 0.3) is 0 Å². The van der Waals surface area contributed by atoms with Gasteiger partial charge in [-0.2, -0.15) is 5.26 Å². The zero-order valence-electron chi connectivity index (χ0n) is 53.0. The second-order valence-electron chi connectivity index (χ2n) is 30.2. The van der Waals surface area contributed by atoms with Crippen molar-refractivity contribution < 1.29 is 0 Å². The van der Waals surface area contributed by atoms with Gasteiger partial charge in [0, 0.05) is 5.92 Å². The lowest BCUT2D eigenvalue weighted by Gasteiger charge is -2.42. The Hall–Kier alpha value is -7.01. The maximum atomic E-state index is 9.49. The molecule has 0 aliphatic heterocycles. The molecular weight excluding hydrogens is 1050 g/mol. The molecule has 0 heterocycles. The summed E-state index contributed by atoms with van der Waals surface area (Å²) in [4.78, 5) is 0. The summed E-state index contributed by atoms with van der Waals surface area (Å²) in [6.07, 6.45) is 33.0. The number of rotatable bonds is 11. The van der Waals surface area contributed by atoms with E-state index in [1.807, 2.05) is 12.1 Å². The van der Waals surface area contributed by atoms with Crippen molar-refractivity contribution in [3.63, 3.8) is 0 Å². The number of fused-ring (bicyclic) bond motifs is 4. The molecule has 7 aromatic rings. The van der Waals surface area contributed by atoms with Crippen molar-refractivity contribution in [3.8, 4) is 39.4 Å². The average molecular weight is 1140 g/mol. The largest absolute Gasteiger partial charge is 0.192 e. The summed E-state index contributed by atoms with van der Waals surface area (Å²) in [5, 5.41) is 9.49. The van der Waals surface area contributed by atoms with E-state index in [0.717, 1.165) is 11.8 Å². The Kier molecular flexibility index (Phi) is 16.0. The molecule has 1 nitrogen and oxygen atoms in total. The Morgan fingerprint density at radius 2 is 1.08 bits per heavy atom. The highest BCUT2D eigenvalue weighted by atomic mass is 14.5. The summed E-state index contributed by atoms with van der Waals surface area (Å²) >= 11 is 0. The number of nitriles is 1. The number of hydrogen-bond acceptors (Lipinski definition) is 1. The lowest BCUT2D eigenvalue weighted by atomic mass is 9.62. The fraction of sp³-hybridized carbons (Fsp3) is 0.407. The van der Waals surface area contributed by atoms with Crippen LogP contribution >= 0.6 is 0 Å². The summed E-state index contributed by atoms with van der Waals surface area (Å²) < 4.78 is 0. The highest BCUT2D eigenvalue weighted by Gasteiger charge is 2.49. The molecule has 0 amide bonds. The molecule has 7 aliphatic carbocycles. The third kappa shape index (κ3) is 11.7. The minimum Gasteiger partial charge on any atom is -0.192 e. The number of allylic oxidation sites excluding steroid dienone is 8. The maximum absolute atomic E-state index is 9.49. The molecule has 14 rings (SSSR count). The Bertz CT molecular complexity index is 3720. The Balaban J connectivity index is 0.732. The molecule has 87 heavy (non-hydrogen) atoms. The summed E-state index contributed by atoms with van der Waals surface area (Å²) in [6.45, 7) is 13.9. The third-order valence-corrected chi connectivity index (χ3v) is 23.4. The quantitative estimate of drug-likeness (QED) is 0.118. The molecule has 3 fully saturated rings. The predicted octanol–water partition coefficient (Wildman–Crippen LogP) is 23.3. The Morgan fingerprint density at radius 3 is 1.69 bits per heavy atom. The van der Waals surface area contributed by atoms with Gasteiger partial charge in [-0.1, -0.05) is 247 Å². The van der Waals surface area contributed by atoms with Gasteiger partial charge in [-0.3, -0.25) is 0 Å². The standard InChI is InChI=1S/C86H93N/c1-85(2,3)73-45-39-63(40-46-73)60-19-23-65(24-20-60)71-43-49-79-81(53-71)82-54-72(66-25-21-61(22-26-66)64-41-47-74(48-42-64)86(4,5)6)44-50-80(82)84(79)70-37-31-67(32-38-70)75-51-52-78(77-14-10-13-76(75)77)83(68-33-27-59(28-34-68)57-11-8-7-9-12-57)69-35-29-62(30-36-69)58-17-15-56(55-87)16-18-58/h7-9,11-12,15-21,23-24,29-31,35-37,39-43,45-49,51-53,59,66-68,70,72,76-77,80,82-84H,10,13-14,22,25-28,32-34,38,44,50,54H2,1-6H3. The number of benzene rings is 7. The molecule has 3 saturated carbocycles. The molecule has 0 aromatic heterocycles. The molecular formula is C86H93N. The van der Waals surface area contributed by atoms with Gasteiger partial charge < -0.3 is 0 Å². The first-order chi connectivity index (χ1) is 42.3. The van der Waals surface area contributed by atoms with E-state index in [9.17, 15) is 5.26 Å². The normalized spacial score (nSPS) is 27.4. The van der Waals surface area contributed by atoms with Crippen molar-refractivity contribution >= 4 is 5.57 Å². The van der Waals surface area contributed by atoms with Gasteiger partial charge in [0.2, 0.25) is 0 Å². The third-order valence-electron chi connectivity index (χ3n) is 23.4. The van der Waals surface area contributed by atoms with Crippen LogP contribution in [-0.4, -0.2) is 0 Å². The Morgan fingerprint density at radius 1 is 0.483 bits per heavy atom. The van der Waals surface area contributed by atoms with Crippen LogP contribution in [0.4, 0.5) is 0 Å². The average Bonchev–Trinajstić information content (AvgIpc) is 2.19. The molecule has 7 aliphatic rings. The summed E-state index contributed by atoms with van der Waals surface area (Å²) in [5.41, 5.74) is 24.4. The van der Waals surface area contributed by atoms with Crippen LogP contribution in [-0.2, 0) is 10.8 Å². The van der Waals surface area contributed by atoms with E-state index < -0.39 is 0 Å². The lowest BCUT2D eigenvalue weighted by molar-refractivity contribution is 0.153. The molecule has 442 valence electrons. The topological polar surface area (TPSA) is 23.8 Å². The highest BCUT2D eigenvalue weighted by molar-refractivity contribution is 5.72. The van der Waals surface area contributed by atoms with Crippen LogP contribution in [0.5, 0.6) is 0 Å². The van der Waals surface area contributed by atoms with Crippen LogP contribution in [0.2, 0.25) is 0 Å². The first kappa shape index (κ1) is 57.7. The van der Waals surface area contributed by atoms with E-state index >= 15 is 0 Å². The van der Waals surface area contributed by atoms with Crippen LogP contribution in [0.1, 0.15) is 206 Å². The van der Waals surface area contributed by atoms with E-state index in [-0.39, 0.29) is 10.8 Å². The first-order valence-electron chi connectivity index (χ1n) is 34.2. The second kappa shape index (κ2) is 24.2. The molecule has 1 heteroatoms. The van der Waals surface area contributed by atoms with Crippen LogP contribution < -0.4 is 0 Å². The van der Waals surface area contributed by atoms with Gasteiger partial charge in [0.1, 0.15) is 0 Å². The van der Waals surface area contributed by atoms with E-state index in [1.165, 1.54) is 158 Å². The van der Waals surface area contributed by atoms with E-state index in [4.69, 9.17) is 0 Å². The zero-order valence-corrected chi connectivity index (χ0v) is 53.0. The van der Waals surface area contributed by atoms with E-state index in [2.05, 4.69) is 236 Å². The van der Waals surface area contributed by atoms with Crippen molar-refractivity contribution in [1.29, 1.82) is 5.26 Å².